The second kappa shape index (κ2) is 7.90. The van der Waals surface area contributed by atoms with E-state index in [1.807, 2.05) is 37.4 Å². The predicted octanol–water partition coefficient (Wildman–Crippen LogP) is 3.60. The van der Waals surface area contributed by atoms with Crippen molar-refractivity contribution in [1.29, 1.82) is 0 Å². The summed E-state index contributed by atoms with van der Waals surface area (Å²) < 4.78 is 6.94. The second-order valence-electron chi connectivity index (χ2n) is 5.52. The van der Waals surface area contributed by atoms with Crippen molar-refractivity contribution in [2.75, 3.05) is 6.61 Å². The Kier molecular flexibility index (Phi) is 5.40. The summed E-state index contributed by atoms with van der Waals surface area (Å²) in [5.41, 5.74) is 1.46. The maximum Gasteiger partial charge on any atom is 0.338 e. The molecule has 3 rings (SSSR count). The first-order valence-electron chi connectivity index (χ1n) is 8.01. The van der Waals surface area contributed by atoms with Crippen LogP contribution in [0.3, 0.4) is 0 Å². The third-order valence-corrected chi connectivity index (χ3v) is 4.98. The van der Waals surface area contributed by atoms with Crippen LogP contribution in [0.2, 0.25) is 0 Å². The molecule has 0 amide bonds. The average Bonchev–Trinajstić information content (AvgIpc) is 3.31. The zero-order valence-electron chi connectivity index (χ0n) is 13.8. The van der Waals surface area contributed by atoms with Crippen molar-refractivity contribution in [1.82, 2.24) is 9.78 Å². The summed E-state index contributed by atoms with van der Waals surface area (Å²) in [5.74, 6) is -0.667. The number of rotatable bonds is 7. The Hall–Kier alpha value is -2.73. The van der Waals surface area contributed by atoms with Crippen molar-refractivity contribution in [3.05, 3.63) is 75.7 Å². The fourth-order valence-electron chi connectivity index (χ4n) is 2.33. The van der Waals surface area contributed by atoms with Crippen LogP contribution < -0.4 is 0 Å². The number of ether oxygens (including phenoxy) is 1. The molecule has 0 aliphatic carbocycles. The highest BCUT2D eigenvalue weighted by Crippen LogP contribution is 2.17. The van der Waals surface area contributed by atoms with Gasteiger partial charge in [-0.25, -0.2) is 4.79 Å². The predicted molar refractivity (Wildman–Crippen MR) is 96.1 cm³/mol. The standard InChI is InChI=1S/C19H18N2O3S/c1-2-16-8-9-18(25-16)17(22)13-24-19(23)15-6-4-14(5-7-15)12-21-11-3-10-20-21/h3-11H,2,12-13H2,1H3. The first-order chi connectivity index (χ1) is 12.2. The summed E-state index contributed by atoms with van der Waals surface area (Å²) >= 11 is 1.44. The minimum absolute atomic E-state index is 0.173. The molecular weight excluding hydrogens is 336 g/mol. The first-order valence-corrected chi connectivity index (χ1v) is 8.82. The Labute approximate surface area is 149 Å². The Morgan fingerprint density at radius 1 is 1.16 bits per heavy atom. The van der Waals surface area contributed by atoms with Crippen LogP contribution in [-0.2, 0) is 17.7 Å². The molecule has 0 saturated heterocycles. The number of nitrogens with zero attached hydrogens (tertiary/aromatic N) is 2. The molecule has 3 aromatic rings. The van der Waals surface area contributed by atoms with Gasteiger partial charge < -0.3 is 4.74 Å². The van der Waals surface area contributed by atoms with Gasteiger partial charge in [0.2, 0.25) is 5.78 Å². The van der Waals surface area contributed by atoms with Crippen molar-refractivity contribution in [3.63, 3.8) is 0 Å². The number of ketones is 1. The largest absolute Gasteiger partial charge is 0.454 e. The van der Waals surface area contributed by atoms with Gasteiger partial charge in [-0.2, -0.15) is 5.10 Å². The van der Waals surface area contributed by atoms with Gasteiger partial charge in [0.05, 0.1) is 17.0 Å². The summed E-state index contributed by atoms with van der Waals surface area (Å²) in [6.07, 6.45) is 4.49. The van der Waals surface area contributed by atoms with Crippen molar-refractivity contribution >= 4 is 23.1 Å². The van der Waals surface area contributed by atoms with Gasteiger partial charge in [0, 0.05) is 17.3 Å². The van der Waals surface area contributed by atoms with Crippen molar-refractivity contribution in [2.24, 2.45) is 0 Å². The number of hydrogen-bond acceptors (Lipinski definition) is 5. The minimum Gasteiger partial charge on any atom is -0.454 e. The lowest BCUT2D eigenvalue weighted by molar-refractivity contribution is 0.0476. The van der Waals surface area contributed by atoms with Gasteiger partial charge in [-0.1, -0.05) is 19.1 Å². The lowest BCUT2D eigenvalue weighted by Crippen LogP contribution is -2.13. The number of esters is 1. The Bertz CT molecular complexity index is 851. The topological polar surface area (TPSA) is 61.2 Å². The van der Waals surface area contributed by atoms with Crippen LogP contribution in [0.4, 0.5) is 0 Å². The molecule has 6 heteroatoms. The van der Waals surface area contributed by atoms with Crippen molar-refractivity contribution < 1.29 is 14.3 Å². The maximum absolute atomic E-state index is 12.1. The highest BCUT2D eigenvalue weighted by molar-refractivity contribution is 7.14. The van der Waals surface area contributed by atoms with Crippen LogP contribution in [-0.4, -0.2) is 28.1 Å². The van der Waals surface area contributed by atoms with E-state index in [2.05, 4.69) is 5.10 Å². The summed E-state index contributed by atoms with van der Waals surface area (Å²) in [4.78, 5) is 25.9. The molecule has 2 aromatic heterocycles. The monoisotopic (exact) mass is 354 g/mol. The molecule has 0 N–H and O–H groups in total. The van der Waals surface area contributed by atoms with Gasteiger partial charge in [-0.3, -0.25) is 9.48 Å². The molecule has 0 aliphatic heterocycles. The fraction of sp³-hybridized carbons (Fsp3) is 0.211. The third-order valence-electron chi connectivity index (χ3n) is 3.71. The molecule has 0 unspecified atom stereocenters. The normalized spacial score (nSPS) is 10.6. The Morgan fingerprint density at radius 2 is 1.96 bits per heavy atom. The van der Waals surface area contributed by atoms with Crippen LogP contribution in [0.1, 0.15) is 37.4 Å². The first kappa shape index (κ1) is 17.1. The number of hydrogen-bond donors (Lipinski definition) is 0. The summed E-state index contributed by atoms with van der Waals surface area (Å²) in [6.45, 7) is 2.44. The molecular formula is C19H18N2O3S. The number of Topliss-reactive ketones (excluding diaryl/α,β-unsaturated/α-hetero) is 1. The van der Waals surface area contributed by atoms with E-state index in [-0.39, 0.29) is 12.4 Å². The van der Waals surface area contributed by atoms with E-state index < -0.39 is 5.97 Å². The number of carbonyl (C=O) groups excluding carboxylic acids is 2. The van der Waals surface area contributed by atoms with E-state index in [0.29, 0.717) is 17.0 Å². The van der Waals surface area contributed by atoms with Crippen LogP contribution in [0.5, 0.6) is 0 Å². The second-order valence-corrected chi connectivity index (χ2v) is 6.69. The molecule has 0 atom stereocenters. The molecule has 0 radical (unpaired) electrons. The number of aromatic nitrogens is 2. The summed E-state index contributed by atoms with van der Waals surface area (Å²) in [6, 6.07) is 12.7. The van der Waals surface area contributed by atoms with E-state index in [1.165, 1.54) is 11.3 Å². The molecule has 128 valence electrons. The zero-order chi connectivity index (χ0) is 17.6. The quantitative estimate of drug-likeness (QED) is 0.480. The average molecular weight is 354 g/mol. The molecule has 2 heterocycles. The fourth-order valence-corrected chi connectivity index (χ4v) is 3.20. The van der Waals surface area contributed by atoms with Gasteiger partial charge >= 0.3 is 5.97 Å². The van der Waals surface area contributed by atoms with Crippen LogP contribution in [0.25, 0.3) is 0 Å². The van der Waals surface area contributed by atoms with Crippen molar-refractivity contribution in [2.45, 2.75) is 19.9 Å². The van der Waals surface area contributed by atoms with Crippen molar-refractivity contribution in [3.8, 4) is 0 Å². The van der Waals surface area contributed by atoms with Gasteiger partial charge in [0.1, 0.15) is 0 Å². The molecule has 25 heavy (non-hydrogen) atoms. The molecule has 1 aromatic carbocycles. The van der Waals surface area contributed by atoms with E-state index in [1.54, 1.807) is 29.1 Å². The van der Waals surface area contributed by atoms with E-state index in [4.69, 9.17) is 4.74 Å². The van der Waals surface area contributed by atoms with E-state index in [9.17, 15) is 9.59 Å². The number of benzene rings is 1. The van der Waals surface area contributed by atoms with Crippen LogP contribution >= 0.6 is 11.3 Å². The number of carbonyl (C=O) groups is 2. The van der Waals surface area contributed by atoms with Gasteiger partial charge in [0.15, 0.2) is 6.61 Å². The SMILES string of the molecule is CCc1ccc(C(=O)COC(=O)c2ccc(Cn3cccn3)cc2)s1. The molecule has 0 saturated carbocycles. The molecule has 5 nitrogen and oxygen atoms in total. The molecule has 0 spiro atoms. The van der Waals surface area contributed by atoms with Crippen LogP contribution in [0, 0.1) is 0 Å². The smallest absolute Gasteiger partial charge is 0.338 e. The molecule has 0 aliphatic rings. The number of aryl methyl sites for hydroxylation is 1. The zero-order valence-corrected chi connectivity index (χ0v) is 14.7. The lowest BCUT2D eigenvalue weighted by atomic mass is 10.1. The lowest BCUT2D eigenvalue weighted by Gasteiger charge is -2.05. The summed E-state index contributed by atoms with van der Waals surface area (Å²) in [7, 11) is 0. The van der Waals surface area contributed by atoms with E-state index in [0.717, 1.165) is 16.9 Å². The molecule has 0 fully saturated rings. The highest BCUT2D eigenvalue weighted by atomic mass is 32.1. The minimum atomic E-state index is -0.494. The number of thiophene rings is 1. The van der Waals surface area contributed by atoms with Gasteiger partial charge in [-0.05, 0) is 42.3 Å². The van der Waals surface area contributed by atoms with Crippen LogP contribution in [0.15, 0.2) is 54.9 Å². The highest BCUT2D eigenvalue weighted by Gasteiger charge is 2.13. The summed E-state index contributed by atoms with van der Waals surface area (Å²) in [5, 5.41) is 4.14. The molecule has 0 bridgehead atoms. The maximum atomic E-state index is 12.1. The van der Waals surface area contributed by atoms with E-state index >= 15 is 0 Å². The van der Waals surface area contributed by atoms with Gasteiger partial charge in [0.25, 0.3) is 0 Å². The van der Waals surface area contributed by atoms with Gasteiger partial charge in [-0.15, -0.1) is 11.3 Å². The Morgan fingerprint density at radius 3 is 2.60 bits per heavy atom. The third kappa shape index (κ3) is 4.42. The Balaban J connectivity index is 1.54.